The number of nitrogens with zero attached hydrogens (tertiary/aromatic N) is 1. The van der Waals surface area contributed by atoms with Crippen molar-refractivity contribution in [3.63, 3.8) is 0 Å². The highest BCUT2D eigenvalue weighted by molar-refractivity contribution is 6.14. The lowest BCUT2D eigenvalue weighted by atomic mass is 9.67. The second kappa shape index (κ2) is 14.0. The van der Waals surface area contributed by atoms with Gasteiger partial charge in [0.2, 0.25) is 0 Å². The van der Waals surface area contributed by atoms with Crippen LogP contribution in [0.1, 0.15) is 73.6 Å². The number of anilines is 3. The average molecular weight is 824 g/mol. The number of furan rings is 1. The van der Waals surface area contributed by atoms with Gasteiger partial charge in [-0.1, -0.05) is 204 Å². The van der Waals surface area contributed by atoms with Gasteiger partial charge in [0.05, 0.1) is 11.1 Å². The fourth-order valence-corrected chi connectivity index (χ4v) is 11.5. The van der Waals surface area contributed by atoms with E-state index in [1.165, 1.54) is 83.1 Å². The van der Waals surface area contributed by atoms with E-state index in [1.54, 1.807) is 0 Å². The zero-order valence-electron chi connectivity index (χ0n) is 37.0. The predicted molar refractivity (Wildman–Crippen MR) is 267 cm³/mol. The minimum absolute atomic E-state index is 0.0352. The molecule has 12 rings (SSSR count). The van der Waals surface area contributed by atoms with E-state index in [1.807, 2.05) is 0 Å². The highest BCUT2D eigenvalue weighted by Crippen LogP contribution is 2.59. The summed E-state index contributed by atoms with van der Waals surface area (Å²) >= 11 is 0. The van der Waals surface area contributed by atoms with Gasteiger partial charge >= 0.3 is 0 Å². The maximum Gasteiger partial charge on any atom is 0.143 e. The molecule has 0 aliphatic heterocycles. The number of rotatable bonds is 6. The molecule has 64 heavy (non-hydrogen) atoms. The van der Waals surface area contributed by atoms with Crippen molar-refractivity contribution >= 4 is 39.0 Å². The van der Waals surface area contributed by atoms with Gasteiger partial charge in [0.1, 0.15) is 11.2 Å². The number of benzene rings is 9. The maximum atomic E-state index is 6.98. The van der Waals surface area contributed by atoms with Crippen molar-refractivity contribution in [2.75, 3.05) is 4.90 Å². The highest BCUT2D eigenvalue weighted by atomic mass is 16.3. The molecule has 308 valence electrons. The molecule has 0 fully saturated rings. The van der Waals surface area contributed by atoms with Gasteiger partial charge in [0.15, 0.2) is 0 Å². The summed E-state index contributed by atoms with van der Waals surface area (Å²) in [6.07, 6.45) is 0. The van der Waals surface area contributed by atoms with Crippen molar-refractivity contribution in [2.45, 2.75) is 50.9 Å². The summed E-state index contributed by atoms with van der Waals surface area (Å²) in [6.45, 7) is 11.7. The monoisotopic (exact) mass is 823 g/mol. The first-order chi connectivity index (χ1) is 31.2. The van der Waals surface area contributed by atoms with E-state index < -0.39 is 5.41 Å². The van der Waals surface area contributed by atoms with Crippen molar-refractivity contribution in [1.29, 1.82) is 0 Å². The van der Waals surface area contributed by atoms with E-state index in [4.69, 9.17) is 4.42 Å². The van der Waals surface area contributed by atoms with E-state index in [-0.39, 0.29) is 10.8 Å². The third-order valence-corrected chi connectivity index (χ3v) is 14.3. The van der Waals surface area contributed by atoms with Crippen LogP contribution in [0, 0.1) is 0 Å². The summed E-state index contributed by atoms with van der Waals surface area (Å²) in [4.78, 5) is 2.50. The number of hydrogen-bond acceptors (Lipinski definition) is 2. The first-order valence-corrected chi connectivity index (χ1v) is 22.6. The molecule has 2 nitrogen and oxygen atoms in total. The fourth-order valence-electron chi connectivity index (χ4n) is 11.5. The molecule has 0 radical (unpaired) electrons. The molecule has 0 saturated carbocycles. The van der Waals surface area contributed by atoms with Crippen LogP contribution in [0.2, 0.25) is 0 Å². The predicted octanol–water partition coefficient (Wildman–Crippen LogP) is 16.7. The van der Waals surface area contributed by atoms with Crippen LogP contribution in [0.4, 0.5) is 17.1 Å². The van der Waals surface area contributed by atoms with Crippen LogP contribution in [0.25, 0.3) is 55.3 Å². The van der Waals surface area contributed by atoms with E-state index in [0.717, 1.165) is 28.2 Å². The van der Waals surface area contributed by atoms with Crippen molar-refractivity contribution in [1.82, 2.24) is 0 Å². The van der Waals surface area contributed by atoms with Gasteiger partial charge in [-0.2, -0.15) is 0 Å². The summed E-state index contributed by atoms with van der Waals surface area (Å²) in [6, 6.07) is 76.3. The molecule has 2 heteroatoms. The molecule has 2 aliphatic rings. The lowest BCUT2D eigenvalue weighted by Crippen LogP contribution is -2.29. The van der Waals surface area contributed by atoms with Crippen LogP contribution in [0.5, 0.6) is 0 Å². The first-order valence-electron chi connectivity index (χ1n) is 22.6. The molecular formula is C62H49NO. The Labute approximate surface area is 376 Å². The minimum atomic E-state index is -0.528. The topological polar surface area (TPSA) is 16.4 Å². The smallest absolute Gasteiger partial charge is 0.143 e. The van der Waals surface area contributed by atoms with Gasteiger partial charge < -0.3 is 9.32 Å². The van der Waals surface area contributed by atoms with Crippen LogP contribution < -0.4 is 4.90 Å². The van der Waals surface area contributed by atoms with Gasteiger partial charge in [0, 0.05) is 33.1 Å². The van der Waals surface area contributed by atoms with E-state index in [2.05, 4.69) is 246 Å². The molecule has 2 aliphatic carbocycles. The Kier molecular flexibility index (Phi) is 8.40. The Balaban J connectivity index is 1.11. The summed E-state index contributed by atoms with van der Waals surface area (Å²) in [7, 11) is 0. The first kappa shape index (κ1) is 38.3. The Morgan fingerprint density at radius 2 is 1.06 bits per heavy atom. The van der Waals surface area contributed by atoms with Crippen LogP contribution >= 0.6 is 0 Å². The molecule has 10 aromatic rings. The Hall–Kier alpha value is -7.42. The molecule has 9 aromatic carbocycles. The lowest BCUT2D eigenvalue weighted by molar-refractivity contribution is 0.594. The highest BCUT2D eigenvalue weighted by Gasteiger charge is 2.46. The molecule has 0 amide bonds. The van der Waals surface area contributed by atoms with E-state index in [0.29, 0.717) is 0 Å². The molecule has 1 aromatic heterocycles. The summed E-state index contributed by atoms with van der Waals surface area (Å²) < 4.78 is 6.98. The van der Waals surface area contributed by atoms with E-state index in [9.17, 15) is 0 Å². The van der Waals surface area contributed by atoms with Gasteiger partial charge in [-0.05, 0) is 109 Å². The van der Waals surface area contributed by atoms with Crippen LogP contribution in [-0.2, 0) is 16.2 Å². The quantitative estimate of drug-likeness (QED) is 0.166. The Morgan fingerprint density at radius 3 is 1.77 bits per heavy atom. The average Bonchev–Trinajstić information content (AvgIpc) is 3.94. The Morgan fingerprint density at radius 1 is 0.469 bits per heavy atom. The zero-order chi connectivity index (χ0) is 43.4. The standard InChI is InChI=1S/C62H49NO/c1-60(2,3)52-30-18-32-55-56(52)49-37-38-53-57(59(49)64-55)48-27-17-31-54(58(48)61(53,4)5)63(44-35-33-41(34-36-44)40-19-8-6-9-20-40)45-24-16-23-43(39-45)62(42-21-10-7-11-22-42)50-28-14-12-25-46(50)47-26-13-15-29-51(47)62/h6-39H,1-5H3. The van der Waals surface area contributed by atoms with Gasteiger partial charge in [-0.25, -0.2) is 0 Å². The zero-order valence-corrected chi connectivity index (χ0v) is 37.0. The van der Waals surface area contributed by atoms with Crippen molar-refractivity contribution < 1.29 is 4.42 Å². The van der Waals surface area contributed by atoms with Crippen LogP contribution in [0.3, 0.4) is 0 Å². The third kappa shape index (κ3) is 5.45. The van der Waals surface area contributed by atoms with Crippen molar-refractivity contribution in [3.05, 3.63) is 245 Å². The van der Waals surface area contributed by atoms with Crippen molar-refractivity contribution in [2.24, 2.45) is 0 Å². The second-order valence-electron chi connectivity index (χ2n) is 19.2. The molecule has 0 N–H and O–H groups in total. The van der Waals surface area contributed by atoms with Gasteiger partial charge in [-0.3, -0.25) is 0 Å². The fraction of sp³-hybridized carbons (Fsp3) is 0.129. The largest absolute Gasteiger partial charge is 0.455 e. The molecule has 0 bridgehead atoms. The summed E-state index contributed by atoms with van der Waals surface area (Å²) in [5.74, 6) is 0. The molecule has 1 heterocycles. The summed E-state index contributed by atoms with van der Waals surface area (Å²) in [5, 5.41) is 2.40. The van der Waals surface area contributed by atoms with Gasteiger partial charge in [0.25, 0.3) is 0 Å². The van der Waals surface area contributed by atoms with Crippen molar-refractivity contribution in [3.8, 4) is 33.4 Å². The van der Waals surface area contributed by atoms with E-state index >= 15 is 0 Å². The normalized spacial score (nSPS) is 14.3. The van der Waals surface area contributed by atoms with Crippen LogP contribution in [-0.4, -0.2) is 0 Å². The molecule has 0 saturated heterocycles. The van der Waals surface area contributed by atoms with Crippen LogP contribution in [0.15, 0.2) is 211 Å². The SMILES string of the molecule is CC(C)(C)c1cccc2oc3c4c(ccc3c12)C(C)(C)c1c-4cccc1N(c1ccc(-c2ccccc2)cc1)c1cccc(C2(c3ccccc3)c3ccccc3-c3ccccc32)c1. The number of fused-ring (bicyclic) bond motifs is 10. The van der Waals surface area contributed by atoms with Gasteiger partial charge in [-0.15, -0.1) is 0 Å². The molecule has 0 atom stereocenters. The second-order valence-corrected chi connectivity index (χ2v) is 19.2. The number of hydrogen-bond donors (Lipinski definition) is 0. The maximum absolute atomic E-state index is 6.98. The molecular weight excluding hydrogens is 775 g/mol. The Bertz CT molecular complexity index is 3390. The molecule has 0 spiro atoms. The lowest BCUT2D eigenvalue weighted by Gasteiger charge is -2.36. The summed E-state index contributed by atoms with van der Waals surface area (Å²) in [5.41, 5.74) is 20.7. The third-order valence-electron chi connectivity index (χ3n) is 14.3. The molecule has 0 unspecified atom stereocenters. The minimum Gasteiger partial charge on any atom is -0.455 e.